The first kappa shape index (κ1) is 18.3. The van der Waals surface area contributed by atoms with E-state index in [1.54, 1.807) is 7.05 Å². The highest BCUT2D eigenvalue weighted by Gasteiger charge is 2.55. The first-order chi connectivity index (χ1) is 12.8. The summed E-state index contributed by atoms with van der Waals surface area (Å²) < 4.78 is 1.38. The Bertz CT molecular complexity index is 834. The normalized spacial score (nSPS) is 31.3. The molecule has 7 nitrogen and oxygen atoms in total. The van der Waals surface area contributed by atoms with Gasteiger partial charge in [-0.3, -0.25) is 19.1 Å². The molecule has 27 heavy (non-hydrogen) atoms. The van der Waals surface area contributed by atoms with Crippen LogP contribution in [0.4, 0.5) is 11.5 Å². The zero-order chi connectivity index (χ0) is 19.3. The first-order valence-electron chi connectivity index (χ1n) is 10.3. The Morgan fingerprint density at radius 3 is 2.26 bits per heavy atom. The van der Waals surface area contributed by atoms with Crippen LogP contribution in [-0.2, 0) is 11.3 Å². The minimum atomic E-state index is -0.578. The topological polar surface area (TPSA) is 101 Å². The average molecular weight is 374 g/mol. The molecule has 4 fully saturated rings. The standard InChI is InChI=1S/C20H30N4O3/c1-3-4-5-24-16(21)15(17(25)22-19(24)27)23(2)18(26)20-9-12-6-13(10-20)8-14(7-12)11-20/h12-14H,3-11,21H2,1-2H3,(H,22,25,27). The molecule has 4 aliphatic rings. The van der Waals surface area contributed by atoms with Crippen LogP contribution in [0.1, 0.15) is 58.3 Å². The largest absolute Gasteiger partial charge is 0.383 e. The maximum Gasteiger partial charge on any atom is 0.330 e. The third kappa shape index (κ3) is 2.91. The van der Waals surface area contributed by atoms with Crippen molar-refractivity contribution in [3.8, 4) is 0 Å². The molecule has 1 aromatic rings. The predicted molar refractivity (Wildman–Crippen MR) is 105 cm³/mol. The molecular weight excluding hydrogens is 344 g/mol. The summed E-state index contributed by atoms with van der Waals surface area (Å²) in [6.07, 6.45) is 8.22. The maximum absolute atomic E-state index is 13.5. The highest BCUT2D eigenvalue weighted by atomic mass is 16.2. The van der Waals surface area contributed by atoms with Gasteiger partial charge in [-0.05, 0) is 62.7 Å². The van der Waals surface area contributed by atoms with Crippen LogP contribution in [0, 0.1) is 23.2 Å². The summed E-state index contributed by atoms with van der Waals surface area (Å²) >= 11 is 0. The van der Waals surface area contributed by atoms with Crippen LogP contribution in [0.3, 0.4) is 0 Å². The number of aromatic amines is 1. The molecular formula is C20H30N4O3. The number of carbonyl (C=O) groups is 1. The van der Waals surface area contributed by atoms with Crippen LogP contribution >= 0.6 is 0 Å². The van der Waals surface area contributed by atoms with Gasteiger partial charge in [-0.15, -0.1) is 0 Å². The van der Waals surface area contributed by atoms with Crippen LogP contribution < -0.4 is 21.9 Å². The Morgan fingerprint density at radius 2 is 1.74 bits per heavy atom. The molecule has 0 spiro atoms. The lowest BCUT2D eigenvalue weighted by Crippen LogP contribution is -2.55. The van der Waals surface area contributed by atoms with E-state index < -0.39 is 11.2 Å². The number of aromatic nitrogens is 2. The molecule has 4 saturated carbocycles. The van der Waals surface area contributed by atoms with Gasteiger partial charge in [0.1, 0.15) is 5.82 Å². The van der Waals surface area contributed by atoms with Crippen molar-refractivity contribution in [2.75, 3.05) is 17.7 Å². The molecule has 4 aliphatic carbocycles. The number of unbranched alkanes of at least 4 members (excludes halogenated alkanes) is 1. The molecule has 148 valence electrons. The summed E-state index contributed by atoms with van der Waals surface area (Å²) in [6, 6.07) is 0. The zero-order valence-corrected chi connectivity index (χ0v) is 16.3. The Morgan fingerprint density at radius 1 is 1.19 bits per heavy atom. The lowest BCUT2D eigenvalue weighted by Gasteiger charge is -2.56. The molecule has 0 radical (unpaired) electrons. The molecule has 0 saturated heterocycles. The lowest BCUT2D eigenvalue weighted by molar-refractivity contribution is -0.143. The number of nitrogens with one attached hydrogen (secondary N) is 1. The fraction of sp³-hybridized carbons (Fsp3) is 0.750. The number of hydrogen-bond donors (Lipinski definition) is 2. The molecule has 1 heterocycles. The van der Waals surface area contributed by atoms with Crippen LogP contribution in [0.15, 0.2) is 9.59 Å². The molecule has 3 N–H and O–H groups in total. The van der Waals surface area contributed by atoms with Crippen molar-refractivity contribution in [2.45, 2.75) is 64.8 Å². The number of amides is 1. The summed E-state index contributed by atoms with van der Waals surface area (Å²) in [5.74, 6) is 2.02. The summed E-state index contributed by atoms with van der Waals surface area (Å²) in [5, 5.41) is 0. The van der Waals surface area contributed by atoms with Gasteiger partial charge in [0.05, 0.1) is 5.41 Å². The van der Waals surface area contributed by atoms with Gasteiger partial charge in [0.15, 0.2) is 5.69 Å². The fourth-order valence-corrected chi connectivity index (χ4v) is 6.27. The minimum Gasteiger partial charge on any atom is -0.383 e. The molecule has 0 aliphatic heterocycles. The van der Waals surface area contributed by atoms with Crippen LogP contribution in [0.5, 0.6) is 0 Å². The fourth-order valence-electron chi connectivity index (χ4n) is 6.27. The van der Waals surface area contributed by atoms with Gasteiger partial charge in [0, 0.05) is 13.6 Å². The number of nitrogen functional groups attached to an aromatic ring is 1. The number of nitrogens with zero attached hydrogens (tertiary/aromatic N) is 2. The summed E-state index contributed by atoms with van der Waals surface area (Å²) in [4.78, 5) is 42.0. The summed E-state index contributed by atoms with van der Waals surface area (Å²) in [6.45, 7) is 2.46. The number of nitrogens with two attached hydrogens (primary N) is 1. The summed E-state index contributed by atoms with van der Waals surface area (Å²) in [7, 11) is 1.64. The van der Waals surface area contributed by atoms with E-state index in [0.717, 1.165) is 32.1 Å². The van der Waals surface area contributed by atoms with E-state index in [4.69, 9.17) is 5.73 Å². The maximum atomic E-state index is 13.5. The number of rotatable bonds is 5. The molecule has 0 unspecified atom stereocenters. The van der Waals surface area contributed by atoms with Gasteiger partial charge in [-0.25, -0.2) is 4.79 Å². The van der Waals surface area contributed by atoms with Crippen molar-refractivity contribution in [1.82, 2.24) is 9.55 Å². The monoisotopic (exact) mass is 374 g/mol. The van der Waals surface area contributed by atoms with Gasteiger partial charge in [-0.1, -0.05) is 13.3 Å². The second-order valence-electron chi connectivity index (χ2n) is 9.06. The van der Waals surface area contributed by atoms with E-state index >= 15 is 0 Å². The number of carbonyl (C=O) groups excluding carboxylic acids is 1. The molecule has 1 amide bonds. The Balaban J connectivity index is 1.69. The van der Waals surface area contributed by atoms with Crippen molar-refractivity contribution < 1.29 is 4.79 Å². The molecule has 4 bridgehead atoms. The predicted octanol–water partition coefficient (Wildman–Crippen LogP) is 2.10. The van der Waals surface area contributed by atoms with E-state index in [0.29, 0.717) is 24.3 Å². The van der Waals surface area contributed by atoms with E-state index in [1.165, 1.54) is 28.7 Å². The SMILES string of the molecule is CCCCn1c(N)c(N(C)C(=O)C23CC4CC(CC(C4)C2)C3)c(=O)[nH]c1=O. The van der Waals surface area contributed by atoms with E-state index in [9.17, 15) is 14.4 Å². The van der Waals surface area contributed by atoms with Crippen molar-refractivity contribution >= 4 is 17.4 Å². The second-order valence-corrected chi connectivity index (χ2v) is 9.06. The van der Waals surface area contributed by atoms with Crippen molar-refractivity contribution in [2.24, 2.45) is 23.2 Å². The number of anilines is 2. The minimum absolute atomic E-state index is 0.000472. The van der Waals surface area contributed by atoms with Gasteiger partial charge < -0.3 is 10.6 Å². The van der Waals surface area contributed by atoms with E-state index in [1.807, 2.05) is 6.92 Å². The van der Waals surface area contributed by atoms with Crippen molar-refractivity contribution in [1.29, 1.82) is 0 Å². The Hall–Kier alpha value is -2.05. The highest BCUT2D eigenvalue weighted by molar-refractivity contribution is 5.99. The Labute approximate surface area is 158 Å². The van der Waals surface area contributed by atoms with Crippen molar-refractivity contribution in [3.63, 3.8) is 0 Å². The third-order valence-electron chi connectivity index (χ3n) is 7.08. The molecule has 0 atom stereocenters. The third-order valence-corrected chi connectivity index (χ3v) is 7.08. The Kier molecular flexibility index (Phi) is 4.43. The lowest BCUT2D eigenvalue weighted by atomic mass is 9.49. The molecule has 7 heteroatoms. The second kappa shape index (κ2) is 6.53. The quantitative estimate of drug-likeness (QED) is 0.824. The van der Waals surface area contributed by atoms with Gasteiger partial charge in [-0.2, -0.15) is 0 Å². The zero-order valence-electron chi connectivity index (χ0n) is 16.3. The van der Waals surface area contributed by atoms with Crippen molar-refractivity contribution in [3.05, 3.63) is 20.8 Å². The van der Waals surface area contributed by atoms with Crippen LogP contribution in [-0.4, -0.2) is 22.5 Å². The van der Waals surface area contributed by atoms with Crippen LogP contribution in [0.2, 0.25) is 0 Å². The number of hydrogen-bond acceptors (Lipinski definition) is 4. The van der Waals surface area contributed by atoms with Gasteiger partial charge >= 0.3 is 5.69 Å². The van der Waals surface area contributed by atoms with Crippen LogP contribution in [0.25, 0.3) is 0 Å². The first-order valence-corrected chi connectivity index (χ1v) is 10.3. The summed E-state index contributed by atoms with van der Waals surface area (Å²) in [5.41, 5.74) is 4.88. The smallest absolute Gasteiger partial charge is 0.330 e. The van der Waals surface area contributed by atoms with Gasteiger partial charge in [0.25, 0.3) is 5.56 Å². The van der Waals surface area contributed by atoms with Gasteiger partial charge in [0.2, 0.25) is 5.91 Å². The molecule has 1 aromatic heterocycles. The molecule has 0 aromatic carbocycles. The molecule has 5 rings (SSSR count). The number of H-pyrrole nitrogens is 1. The average Bonchev–Trinajstić information content (AvgIpc) is 2.59. The van der Waals surface area contributed by atoms with E-state index in [2.05, 4.69) is 4.98 Å². The highest BCUT2D eigenvalue weighted by Crippen LogP contribution is 2.60. The van der Waals surface area contributed by atoms with E-state index in [-0.39, 0.29) is 22.8 Å².